The van der Waals surface area contributed by atoms with E-state index in [9.17, 15) is 9.90 Å². The lowest BCUT2D eigenvalue weighted by molar-refractivity contribution is -0.137. The fourth-order valence-electron chi connectivity index (χ4n) is 2.62. The molecule has 17 heavy (non-hydrogen) atoms. The lowest BCUT2D eigenvalue weighted by Crippen LogP contribution is -2.40. The highest BCUT2D eigenvalue weighted by Gasteiger charge is 2.27. The normalized spacial score (nSPS) is 26.6. The second-order valence-electron chi connectivity index (χ2n) is 5.30. The minimum atomic E-state index is -0.588. The van der Waals surface area contributed by atoms with Crippen LogP contribution in [0.5, 0.6) is 0 Å². The standard InChI is InChI=1S/C13H25NO3/c1-10-5-4-6-11(7-10)13(16)14(2)8-12(15)9-17-3/h10-12,15H,4-9H2,1-3H3. The third-order valence-corrected chi connectivity index (χ3v) is 3.51. The van der Waals surface area contributed by atoms with Crippen molar-refractivity contribution in [2.45, 2.75) is 38.7 Å². The Bertz CT molecular complexity index is 245. The number of rotatable bonds is 5. The summed E-state index contributed by atoms with van der Waals surface area (Å²) in [5.74, 6) is 0.972. The Hall–Kier alpha value is -0.610. The number of aliphatic hydroxyl groups is 1. The first-order chi connectivity index (χ1) is 8.04. The molecule has 0 saturated heterocycles. The first-order valence-corrected chi connectivity index (χ1v) is 6.46. The van der Waals surface area contributed by atoms with Crippen LogP contribution in [0.2, 0.25) is 0 Å². The van der Waals surface area contributed by atoms with Crippen LogP contribution in [-0.2, 0) is 9.53 Å². The number of aliphatic hydroxyl groups excluding tert-OH is 1. The highest BCUT2D eigenvalue weighted by Crippen LogP contribution is 2.29. The quantitative estimate of drug-likeness (QED) is 0.791. The third kappa shape index (κ3) is 4.64. The van der Waals surface area contributed by atoms with Gasteiger partial charge in [-0.2, -0.15) is 0 Å². The summed E-state index contributed by atoms with van der Waals surface area (Å²) in [6, 6.07) is 0. The van der Waals surface area contributed by atoms with Crippen LogP contribution in [0.25, 0.3) is 0 Å². The molecule has 0 bridgehead atoms. The molecule has 4 heteroatoms. The lowest BCUT2D eigenvalue weighted by Gasteiger charge is -2.30. The molecule has 3 unspecified atom stereocenters. The zero-order valence-electron chi connectivity index (χ0n) is 11.2. The van der Waals surface area contributed by atoms with Crippen LogP contribution in [0, 0.1) is 11.8 Å². The van der Waals surface area contributed by atoms with E-state index in [1.54, 1.807) is 19.1 Å². The van der Waals surface area contributed by atoms with Crippen LogP contribution in [0.3, 0.4) is 0 Å². The highest BCUT2D eigenvalue weighted by atomic mass is 16.5. The Kier molecular flexibility index (Phi) is 5.92. The summed E-state index contributed by atoms with van der Waals surface area (Å²) in [6.07, 6.45) is 3.78. The molecule has 0 aromatic rings. The molecule has 0 aromatic carbocycles. The molecule has 1 saturated carbocycles. The minimum absolute atomic E-state index is 0.151. The van der Waals surface area contributed by atoms with E-state index in [2.05, 4.69) is 6.92 Å². The van der Waals surface area contributed by atoms with E-state index in [1.807, 2.05) is 0 Å². The van der Waals surface area contributed by atoms with Crippen molar-refractivity contribution in [1.82, 2.24) is 4.90 Å². The van der Waals surface area contributed by atoms with Crippen molar-refractivity contribution >= 4 is 5.91 Å². The van der Waals surface area contributed by atoms with Crippen molar-refractivity contribution < 1.29 is 14.6 Å². The summed E-state index contributed by atoms with van der Waals surface area (Å²) in [7, 11) is 3.31. The molecule has 1 aliphatic rings. The molecule has 4 nitrogen and oxygen atoms in total. The number of ether oxygens (including phenoxy) is 1. The highest BCUT2D eigenvalue weighted by molar-refractivity contribution is 5.78. The molecular weight excluding hydrogens is 218 g/mol. The van der Waals surface area contributed by atoms with Gasteiger partial charge in [0.25, 0.3) is 0 Å². The van der Waals surface area contributed by atoms with E-state index < -0.39 is 6.10 Å². The van der Waals surface area contributed by atoms with Gasteiger partial charge in [0.15, 0.2) is 0 Å². The van der Waals surface area contributed by atoms with E-state index in [0.29, 0.717) is 12.5 Å². The molecule has 1 rings (SSSR count). The number of amides is 1. The van der Waals surface area contributed by atoms with Gasteiger partial charge in [0.1, 0.15) is 0 Å². The van der Waals surface area contributed by atoms with Gasteiger partial charge in [-0.25, -0.2) is 0 Å². The smallest absolute Gasteiger partial charge is 0.225 e. The Morgan fingerprint density at radius 2 is 2.24 bits per heavy atom. The molecular formula is C13H25NO3. The van der Waals surface area contributed by atoms with Gasteiger partial charge in [-0.05, 0) is 18.8 Å². The number of carbonyl (C=O) groups excluding carboxylic acids is 1. The molecule has 0 aliphatic heterocycles. The van der Waals surface area contributed by atoms with Crippen molar-refractivity contribution in [1.29, 1.82) is 0 Å². The predicted molar refractivity (Wildman–Crippen MR) is 66.6 cm³/mol. The van der Waals surface area contributed by atoms with Gasteiger partial charge in [-0.3, -0.25) is 4.79 Å². The molecule has 1 aliphatic carbocycles. The van der Waals surface area contributed by atoms with Crippen molar-refractivity contribution in [3.8, 4) is 0 Å². The van der Waals surface area contributed by atoms with Crippen molar-refractivity contribution in [3.63, 3.8) is 0 Å². The van der Waals surface area contributed by atoms with Gasteiger partial charge in [-0.15, -0.1) is 0 Å². The van der Waals surface area contributed by atoms with Crippen LogP contribution < -0.4 is 0 Å². The summed E-state index contributed by atoms with van der Waals surface area (Å²) >= 11 is 0. The van der Waals surface area contributed by atoms with Gasteiger partial charge < -0.3 is 14.7 Å². The average molecular weight is 243 g/mol. The second kappa shape index (κ2) is 6.97. The maximum Gasteiger partial charge on any atom is 0.225 e. The fourth-order valence-corrected chi connectivity index (χ4v) is 2.62. The molecule has 0 aromatic heterocycles. The maximum atomic E-state index is 12.2. The first kappa shape index (κ1) is 14.5. The Labute approximate surface area is 104 Å². The van der Waals surface area contributed by atoms with Gasteiger partial charge in [0.2, 0.25) is 5.91 Å². The van der Waals surface area contributed by atoms with E-state index in [4.69, 9.17) is 4.74 Å². The average Bonchev–Trinajstić information content (AvgIpc) is 2.28. The van der Waals surface area contributed by atoms with Gasteiger partial charge in [0.05, 0.1) is 12.7 Å². The first-order valence-electron chi connectivity index (χ1n) is 6.46. The lowest BCUT2D eigenvalue weighted by atomic mass is 9.82. The van der Waals surface area contributed by atoms with Gasteiger partial charge >= 0.3 is 0 Å². The number of hydrogen-bond donors (Lipinski definition) is 1. The van der Waals surface area contributed by atoms with Crippen LogP contribution >= 0.6 is 0 Å². The summed E-state index contributed by atoms with van der Waals surface area (Å²) in [5.41, 5.74) is 0. The summed E-state index contributed by atoms with van der Waals surface area (Å²) in [4.78, 5) is 13.8. The topological polar surface area (TPSA) is 49.8 Å². The van der Waals surface area contributed by atoms with E-state index in [0.717, 1.165) is 19.3 Å². The molecule has 1 fully saturated rings. The number of nitrogens with zero attached hydrogens (tertiary/aromatic N) is 1. The number of hydrogen-bond acceptors (Lipinski definition) is 3. The van der Waals surface area contributed by atoms with Crippen molar-refractivity contribution in [2.24, 2.45) is 11.8 Å². The summed E-state index contributed by atoms with van der Waals surface area (Å²) in [5, 5.41) is 9.60. The Morgan fingerprint density at radius 1 is 1.53 bits per heavy atom. The Morgan fingerprint density at radius 3 is 2.82 bits per heavy atom. The van der Waals surface area contributed by atoms with Crippen LogP contribution in [0.4, 0.5) is 0 Å². The van der Waals surface area contributed by atoms with E-state index >= 15 is 0 Å². The number of methoxy groups -OCH3 is 1. The Balaban J connectivity index is 2.39. The minimum Gasteiger partial charge on any atom is -0.389 e. The second-order valence-corrected chi connectivity index (χ2v) is 5.30. The molecule has 0 spiro atoms. The predicted octanol–water partition coefficient (Wildman–Crippen LogP) is 1.28. The van der Waals surface area contributed by atoms with Gasteiger partial charge in [0, 0.05) is 26.6 Å². The molecule has 0 radical (unpaired) electrons. The van der Waals surface area contributed by atoms with Gasteiger partial charge in [-0.1, -0.05) is 19.8 Å². The van der Waals surface area contributed by atoms with Crippen molar-refractivity contribution in [3.05, 3.63) is 0 Å². The molecule has 1 amide bonds. The van der Waals surface area contributed by atoms with Crippen LogP contribution in [0.15, 0.2) is 0 Å². The number of carbonyl (C=O) groups is 1. The zero-order chi connectivity index (χ0) is 12.8. The summed E-state index contributed by atoms with van der Waals surface area (Å²) < 4.78 is 4.86. The van der Waals surface area contributed by atoms with Crippen LogP contribution in [-0.4, -0.2) is 49.3 Å². The molecule has 0 heterocycles. The van der Waals surface area contributed by atoms with E-state index in [-0.39, 0.29) is 18.4 Å². The molecule has 3 atom stereocenters. The van der Waals surface area contributed by atoms with Crippen LogP contribution in [0.1, 0.15) is 32.6 Å². The monoisotopic (exact) mass is 243 g/mol. The van der Waals surface area contributed by atoms with E-state index in [1.165, 1.54) is 6.42 Å². The number of likely N-dealkylation sites (N-methyl/N-ethyl adjacent to an activating group) is 1. The van der Waals surface area contributed by atoms with Crippen molar-refractivity contribution in [2.75, 3.05) is 27.3 Å². The fraction of sp³-hybridized carbons (Fsp3) is 0.923. The zero-order valence-corrected chi connectivity index (χ0v) is 11.2. The largest absolute Gasteiger partial charge is 0.389 e. The molecule has 1 N–H and O–H groups in total. The SMILES string of the molecule is COCC(O)CN(C)C(=O)C1CCCC(C)C1. The third-order valence-electron chi connectivity index (χ3n) is 3.51. The maximum absolute atomic E-state index is 12.2. The molecule has 100 valence electrons. The summed E-state index contributed by atoms with van der Waals surface area (Å²) in [6.45, 7) is 2.84.